The Hall–Kier alpha value is -6.23. The van der Waals surface area contributed by atoms with Gasteiger partial charge in [0.15, 0.2) is 11.2 Å². The van der Waals surface area contributed by atoms with Crippen LogP contribution in [0.3, 0.4) is 0 Å². The smallest absolute Gasteiger partial charge is 0.287 e. The predicted molar refractivity (Wildman–Crippen MR) is 198 cm³/mol. The van der Waals surface area contributed by atoms with Gasteiger partial charge in [-0.15, -0.1) is 0 Å². The molecule has 2 aliphatic heterocycles. The van der Waals surface area contributed by atoms with E-state index in [2.05, 4.69) is 27.3 Å². The molecule has 0 radical (unpaired) electrons. The number of amides is 3. The van der Waals surface area contributed by atoms with Crippen molar-refractivity contribution in [3.8, 4) is 5.69 Å². The molecular weight excluding hydrogens is 656 g/mol. The van der Waals surface area contributed by atoms with Crippen LogP contribution in [0.4, 0.5) is 5.69 Å². The average Bonchev–Trinajstić information content (AvgIpc) is 3.87. The fourth-order valence-corrected chi connectivity index (χ4v) is 7.28. The molecule has 0 bridgehead atoms. The number of likely N-dealkylation sites (tertiary alicyclic amines) is 1. The second kappa shape index (κ2) is 14.2. The van der Waals surface area contributed by atoms with Crippen LogP contribution in [-0.4, -0.2) is 75.8 Å². The summed E-state index contributed by atoms with van der Waals surface area (Å²) in [6, 6.07) is 27.6. The third-order valence-corrected chi connectivity index (χ3v) is 10.1. The quantitative estimate of drug-likeness (QED) is 0.228. The van der Waals surface area contributed by atoms with Crippen molar-refractivity contribution in [1.29, 1.82) is 0 Å². The number of nitrogens with one attached hydrogen (secondary N) is 1. The van der Waals surface area contributed by atoms with Crippen LogP contribution in [0.1, 0.15) is 34.5 Å². The van der Waals surface area contributed by atoms with Crippen molar-refractivity contribution < 1.29 is 18.8 Å². The van der Waals surface area contributed by atoms with E-state index < -0.39 is 11.9 Å². The SMILES string of the molecule is O=C(N[C@H](Cc1ccc2ccccc2c1)C(=O)N1CCN(c2ccccc2CN2CCCC2=O)CC1)c1cc(=O)c2cc(-n3ccnc3)ccc2o1. The molecule has 262 valence electrons. The second-order valence-electron chi connectivity index (χ2n) is 13.4. The van der Waals surface area contributed by atoms with Gasteiger partial charge in [-0.3, -0.25) is 19.2 Å². The van der Waals surface area contributed by atoms with Gasteiger partial charge < -0.3 is 29.0 Å². The van der Waals surface area contributed by atoms with Crippen LogP contribution in [0.2, 0.25) is 0 Å². The molecule has 11 heteroatoms. The highest BCUT2D eigenvalue weighted by molar-refractivity contribution is 5.97. The molecule has 4 heterocycles. The number of imidazole rings is 1. The maximum absolute atomic E-state index is 14.3. The highest BCUT2D eigenvalue weighted by Gasteiger charge is 2.31. The number of carbonyl (C=O) groups excluding carboxylic acids is 3. The van der Waals surface area contributed by atoms with E-state index in [-0.39, 0.29) is 35.0 Å². The van der Waals surface area contributed by atoms with Gasteiger partial charge in [-0.25, -0.2) is 4.98 Å². The molecule has 2 aliphatic rings. The number of aromatic nitrogens is 2. The van der Waals surface area contributed by atoms with E-state index in [9.17, 15) is 19.2 Å². The normalized spacial score (nSPS) is 15.4. The molecule has 11 nitrogen and oxygen atoms in total. The Bertz CT molecular complexity index is 2340. The van der Waals surface area contributed by atoms with Gasteiger partial charge in [0.05, 0.1) is 11.7 Å². The maximum Gasteiger partial charge on any atom is 0.287 e. The number of nitrogens with zero attached hydrogens (tertiary/aromatic N) is 5. The summed E-state index contributed by atoms with van der Waals surface area (Å²) in [6.07, 6.45) is 6.80. The fourth-order valence-electron chi connectivity index (χ4n) is 7.28. The Morgan fingerprint density at radius 1 is 0.846 bits per heavy atom. The summed E-state index contributed by atoms with van der Waals surface area (Å²) in [4.78, 5) is 63.7. The van der Waals surface area contributed by atoms with Crippen LogP contribution in [0.15, 0.2) is 119 Å². The minimum absolute atomic E-state index is 0.165. The van der Waals surface area contributed by atoms with Crippen molar-refractivity contribution in [3.05, 3.63) is 137 Å². The first-order chi connectivity index (χ1) is 25.4. The largest absolute Gasteiger partial charge is 0.451 e. The van der Waals surface area contributed by atoms with E-state index in [0.29, 0.717) is 44.5 Å². The van der Waals surface area contributed by atoms with Gasteiger partial charge in [0.25, 0.3) is 5.91 Å². The van der Waals surface area contributed by atoms with Crippen molar-refractivity contribution in [2.75, 3.05) is 37.6 Å². The van der Waals surface area contributed by atoms with Crippen LogP contribution in [-0.2, 0) is 22.6 Å². The van der Waals surface area contributed by atoms with Gasteiger partial charge >= 0.3 is 0 Å². The molecule has 2 saturated heterocycles. The van der Waals surface area contributed by atoms with E-state index in [0.717, 1.165) is 46.2 Å². The van der Waals surface area contributed by atoms with Crippen LogP contribution in [0.25, 0.3) is 27.4 Å². The number of fused-ring (bicyclic) bond motifs is 2. The predicted octanol–water partition coefficient (Wildman–Crippen LogP) is 4.94. The molecular formula is C41H38N6O5. The van der Waals surface area contributed by atoms with E-state index in [4.69, 9.17) is 4.42 Å². The molecule has 0 spiro atoms. The van der Waals surface area contributed by atoms with Gasteiger partial charge in [-0.2, -0.15) is 0 Å². The minimum Gasteiger partial charge on any atom is -0.451 e. The lowest BCUT2D eigenvalue weighted by Crippen LogP contribution is -2.55. The topological polar surface area (TPSA) is 121 Å². The first-order valence-electron chi connectivity index (χ1n) is 17.6. The number of para-hydroxylation sites is 1. The van der Waals surface area contributed by atoms with Gasteiger partial charge in [-0.1, -0.05) is 60.7 Å². The molecule has 2 fully saturated rings. The molecule has 6 aromatic rings. The zero-order chi connectivity index (χ0) is 35.6. The average molecular weight is 695 g/mol. The van der Waals surface area contributed by atoms with Crippen molar-refractivity contribution in [2.24, 2.45) is 0 Å². The molecule has 0 unspecified atom stereocenters. The number of piperazine rings is 1. The fraction of sp³-hybridized carbons (Fsp3) is 0.244. The molecule has 1 N–H and O–H groups in total. The third-order valence-electron chi connectivity index (χ3n) is 10.1. The summed E-state index contributed by atoms with van der Waals surface area (Å²) in [5.41, 5.74) is 3.70. The number of rotatable bonds is 9. The minimum atomic E-state index is -0.904. The lowest BCUT2D eigenvalue weighted by atomic mass is 10.0. The van der Waals surface area contributed by atoms with Crippen LogP contribution >= 0.6 is 0 Å². The zero-order valence-electron chi connectivity index (χ0n) is 28.6. The molecule has 0 aliphatic carbocycles. The molecule has 2 aromatic heterocycles. The summed E-state index contributed by atoms with van der Waals surface area (Å²) in [6.45, 7) is 3.48. The Morgan fingerprint density at radius 2 is 1.65 bits per heavy atom. The van der Waals surface area contributed by atoms with Crippen molar-refractivity contribution in [2.45, 2.75) is 31.8 Å². The summed E-state index contributed by atoms with van der Waals surface area (Å²) in [7, 11) is 0. The second-order valence-corrected chi connectivity index (χ2v) is 13.4. The first kappa shape index (κ1) is 32.9. The van der Waals surface area contributed by atoms with Gasteiger partial charge in [-0.05, 0) is 52.6 Å². The monoisotopic (exact) mass is 694 g/mol. The molecule has 52 heavy (non-hydrogen) atoms. The Kier molecular flexibility index (Phi) is 8.98. The Balaban J connectivity index is 1.02. The van der Waals surface area contributed by atoms with E-state index in [1.807, 2.05) is 59.5 Å². The number of anilines is 1. The zero-order valence-corrected chi connectivity index (χ0v) is 28.6. The van der Waals surface area contributed by atoms with Crippen LogP contribution in [0, 0.1) is 0 Å². The van der Waals surface area contributed by atoms with Gasteiger partial charge in [0.1, 0.15) is 11.6 Å². The van der Waals surface area contributed by atoms with E-state index in [1.165, 1.54) is 6.07 Å². The molecule has 4 aromatic carbocycles. The highest BCUT2D eigenvalue weighted by atomic mass is 16.3. The number of carbonyl (C=O) groups is 3. The van der Waals surface area contributed by atoms with E-state index in [1.54, 1.807) is 46.4 Å². The molecule has 8 rings (SSSR count). The van der Waals surface area contributed by atoms with Crippen molar-refractivity contribution in [3.63, 3.8) is 0 Å². The highest BCUT2D eigenvalue weighted by Crippen LogP contribution is 2.26. The number of hydrogen-bond donors (Lipinski definition) is 1. The number of benzene rings is 4. The lowest BCUT2D eigenvalue weighted by molar-refractivity contribution is -0.133. The number of hydrogen-bond acceptors (Lipinski definition) is 7. The van der Waals surface area contributed by atoms with E-state index >= 15 is 0 Å². The lowest BCUT2D eigenvalue weighted by Gasteiger charge is -2.38. The van der Waals surface area contributed by atoms with Crippen molar-refractivity contribution in [1.82, 2.24) is 24.7 Å². The molecule has 0 saturated carbocycles. The summed E-state index contributed by atoms with van der Waals surface area (Å²) >= 11 is 0. The summed E-state index contributed by atoms with van der Waals surface area (Å²) in [5.74, 6) is -0.819. The molecule has 1 atom stereocenters. The maximum atomic E-state index is 14.3. The summed E-state index contributed by atoms with van der Waals surface area (Å²) in [5, 5.41) is 5.37. The standard InChI is InChI=1S/C41H38N6O5/c48-36-25-38(52-37-14-13-32(24-33(36)37)47-17-15-42-27-47)40(50)43-34(23-28-11-12-29-6-1-2-7-30(29)22-28)41(51)45-20-18-44(19-21-45)35-9-4-3-8-31(35)26-46-16-5-10-39(46)49/h1-4,6-9,11-15,17,22,24-25,27,34H,5,10,16,18-21,23,26H2,(H,43,50)/t34-/m1/s1. The third kappa shape index (κ3) is 6.77. The summed E-state index contributed by atoms with van der Waals surface area (Å²) < 4.78 is 7.72. The van der Waals surface area contributed by atoms with Crippen LogP contribution in [0.5, 0.6) is 0 Å². The first-order valence-corrected chi connectivity index (χ1v) is 17.6. The molecule has 3 amide bonds. The Morgan fingerprint density at radius 3 is 2.44 bits per heavy atom. The van der Waals surface area contributed by atoms with Crippen LogP contribution < -0.4 is 15.6 Å². The Labute approximate surface area is 300 Å². The van der Waals surface area contributed by atoms with Crippen molar-refractivity contribution >= 4 is 45.2 Å². The van der Waals surface area contributed by atoms with Gasteiger partial charge in [0.2, 0.25) is 11.8 Å². The van der Waals surface area contributed by atoms with Gasteiger partial charge in [0, 0.05) is 81.9 Å².